The van der Waals surface area contributed by atoms with Crippen molar-refractivity contribution in [3.05, 3.63) is 13.1 Å². The van der Waals surface area contributed by atoms with Crippen molar-refractivity contribution in [3.63, 3.8) is 0 Å². The van der Waals surface area contributed by atoms with Gasteiger partial charge in [0.25, 0.3) is 0 Å². The summed E-state index contributed by atoms with van der Waals surface area (Å²) in [5.74, 6) is 2.28. The summed E-state index contributed by atoms with van der Waals surface area (Å²) in [6.45, 7) is 24.9. The Balaban J connectivity index is -0.0000000743. The topological polar surface area (TPSA) is 58.9 Å². The molecule has 0 fully saturated rings. The van der Waals surface area contributed by atoms with Crippen LogP contribution < -0.4 is 0 Å². The van der Waals surface area contributed by atoms with Crippen molar-refractivity contribution in [2.45, 2.75) is 55.4 Å². The molecule has 0 amide bonds. The Morgan fingerprint density at radius 3 is 1.00 bits per heavy atom. The minimum Gasteiger partial charge on any atom is -0.457 e. The standard InChI is InChI=1S/2C8H16N.2CH2O.Ru/c2*1-7(2)5-9-6-8(3)4;2*1-2;/h2*5-8H,1-4H3;2*1H2;/q2*-1;;;+2. The van der Waals surface area contributed by atoms with E-state index in [-0.39, 0.29) is 19.5 Å². The molecule has 0 aliphatic rings. The minimum absolute atomic E-state index is 0. The smallest absolute Gasteiger partial charge is 0.457 e. The van der Waals surface area contributed by atoms with Crippen LogP contribution in [-0.2, 0) is 29.1 Å². The molecule has 0 aromatic rings. The molecule has 0 heterocycles. The Hall–Kier alpha value is -0.957. The van der Waals surface area contributed by atoms with Crippen molar-refractivity contribution >= 4 is 26.0 Å². The third-order valence-corrected chi connectivity index (χ3v) is 1.54. The van der Waals surface area contributed by atoms with E-state index in [0.29, 0.717) is 23.7 Å². The molecule has 23 heavy (non-hydrogen) atoms. The fourth-order valence-electron chi connectivity index (χ4n) is 0.788. The van der Waals surface area contributed by atoms with Crippen molar-refractivity contribution < 1.29 is 29.1 Å². The van der Waals surface area contributed by atoms with Crippen LogP contribution in [0.1, 0.15) is 55.4 Å². The largest absolute Gasteiger partial charge is 2.00 e. The van der Waals surface area contributed by atoms with Crippen LogP contribution in [0.2, 0.25) is 0 Å². The van der Waals surface area contributed by atoms with Crippen LogP contribution in [0.15, 0.2) is 9.98 Å². The summed E-state index contributed by atoms with van der Waals surface area (Å²) >= 11 is 0. The average Bonchev–Trinajstić information content (AvgIpc) is 2.42. The van der Waals surface area contributed by atoms with Crippen molar-refractivity contribution in [2.75, 3.05) is 0 Å². The predicted molar refractivity (Wildman–Crippen MR) is 99.2 cm³/mol. The molecule has 0 radical (unpaired) electrons. The van der Waals surface area contributed by atoms with E-state index in [1.807, 2.05) is 39.1 Å². The summed E-state index contributed by atoms with van der Waals surface area (Å²) in [6.07, 6.45) is 3.92. The van der Waals surface area contributed by atoms with Crippen LogP contribution in [0.4, 0.5) is 0 Å². The summed E-state index contributed by atoms with van der Waals surface area (Å²) in [7, 11) is 0. The molecule has 0 saturated carbocycles. The van der Waals surface area contributed by atoms with E-state index in [1.54, 1.807) is 0 Å². The number of carbonyl (C=O) groups is 2. The summed E-state index contributed by atoms with van der Waals surface area (Å²) in [6, 6.07) is 0. The normalized spacial score (nSPS) is 9.57. The number of hydrogen-bond donors (Lipinski definition) is 0. The van der Waals surface area contributed by atoms with E-state index in [0.717, 1.165) is 0 Å². The fourth-order valence-corrected chi connectivity index (χ4v) is 0.788. The molecule has 0 aliphatic carbocycles. The van der Waals surface area contributed by atoms with Gasteiger partial charge in [0.15, 0.2) is 0 Å². The molecule has 5 heteroatoms. The van der Waals surface area contributed by atoms with E-state index in [1.165, 1.54) is 0 Å². The van der Waals surface area contributed by atoms with E-state index >= 15 is 0 Å². The van der Waals surface area contributed by atoms with Crippen molar-refractivity contribution in [1.29, 1.82) is 0 Å². The second kappa shape index (κ2) is 29.1. The van der Waals surface area contributed by atoms with Crippen LogP contribution in [0.5, 0.6) is 0 Å². The van der Waals surface area contributed by atoms with Gasteiger partial charge >= 0.3 is 19.5 Å². The first-order valence-electron chi connectivity index (χ1n) is 7.56. The third kappa shape index (κ3) is 62.6. The number of nitrogens with zero attached hydrogens (tertiary/aromatic N) is 2. The molecule has 0 N–H and O–H groups in total. The SMILES string of the molecule is C=O.C=O.CC(C)C=N[CH-]C(C)C.CC(C)C=N[CH-]C(C)C.[Ru+2]. The van der Waals surface area contributed by atoms with E-state index in [9.17, 15) is 0 Å². The van der Waals surface area contributed by atoms with Crippen molar-refractivity contribution in [1.82, 2.24) is 0 Å². The molecular weight excluding hydrogens is 377 g/mol. The summed E-state index contributed by atoms with van der Waals surface area (Å²) < 4.78 is 0. The monoisotopic (exact) mass is 414 g/mol. The van der Waals surface area contributed by atoms with E-state index in [2.05, 4.69) is 65.4 Å². The van der Waals surface area contributed by atoms with Gasteiger partial charge in [-0.2, -0.15) is 0 Å². The second-order valence-electron chi connectivity index (χ2n) is 5.87. The zero-order valence-corrected chi connectivity index (χ0v) is 17.8. The van der Waals surface area contributed by atoms with E-state index < -0.39 is 0 Å². The van der Waals surface area contributed by atoms with Gasteiger partial charge in [0.05, 0.1) is 0 Å². The van der Waals surface area contributed by atoms with Gasteiger partial charge in [-0.15, -0.1) is 25.5 Å². The molecule has 4 nitrogen and oxygen atoms in total. The van der Waals surface area contributed by atoms with Gasteiger partial charge in [0.1, 0.15) is 13.6 Å². The Morgan fingerprint density at radius 2 is 0.870 bits per heavy atom. The maximum atomic E-state index is 8.00. The van der Waals surface area contributed by atoms with E-state index in [4.69, 9.17) is 9.59 Å². The third-order valence-electron chi connectivity index (χ3n) is 1.54. The second-order valence-corrected chi connectivity index (χ2v) is 5.87. The van der Waals surface area contributed by atoms with Crippen LogP contribution in [-0.4, -0.2) is 26.0 Å². The van der Waals surface area contributed by atoms with Crippen LogP contribution in [0.25, 0.3) is 0 Å². The number of carbonyl (C=O) groups excluding carboxylic acids is 2. The molecule has 0 unspecified atom stereocenters. The maximum Gasteiger partial charge on any atom is 2.00 e. The fraction of sp³-hybridized carbons (Fsp3) is 0.667. The Labute approximate surface area is 157 Å². The molecule has 0 atom stereocenters. The summed E-state index contributed by atoms with van der Waals surface area (Å²) in [4.78, 5) is 24.2. The predicted octanol–water partition coefficient (Wildman–Crippen LogP) is 4.69. The average molecular weight is 414 g/mol. The van der Waals surface area contributed by atoms with Gasteiger partial charge in [0, 0.05) is 0 Å². The van der Waals surface area contributed by atoms with Gasteiger partial charge < -0.3 is 19.6 Å². The first-order chi connectivity index (χ1) is 10.3. The van der Waals surface area contributed by atoms with Crippen LogP contribution >= 0.6 is 0 Å². The van der Waals surface area contributed by atoms with Gasteiger partial charge in [-0.3, -0.25) is 0 Å². The molecule has 0 aliphatic heterocycles. The maximum absolute atomic E-state index is 8.00. The van der Waals surface area contributed by atoms with Crippen LogP contribution in [0, 0.1) is 36.8 Å². The summed E-state index contributed by atoms with van der Waals surface area (Å²) in [5, 5.41) is 0. The summed E-state index contributed by atoms with van der Waals surface area (Å²) in [5.41, 5.74) is 0. The molecule has 138 valence electrons. The first-order valence-corrected chi connectivity index (χ1v) is 7.56. The molecule has 0 rings (SSSR count). The van der Waals surface area contributed by atoms with Gasteiger partial charge in [-0.25, -0.2) is 0 Å². The first kappa shape index (κ1) is 33.6. The molecular formula is C18H36N2O2Ru. The van der Waals surface area contributed by atoms with Gasteiger partial charge in [0.2, 0.25) is 0 Å². The zero-order valence-electron chi connectivity index (χ0n) is 16.1. The number of hydrogen-bond acceptors (Lipinski definition) is 4. The van der Waals surface area contributed by atoms with Crippen LogP contribution in [0.3, 0.4) is 0 Å². The molecule has 0 spiro atoms. The minimum atomic E-state index is 0. The number of aliphatic imine (C=N–C) groups is 2. The van der Waals surface area contributed by atoms with Gasteiger partial charge in [-0.1, -0.05) is 79.1 Å². The van der Waals surface area contributed by atoms with Crippen molar-refractivity contribution in [2.24, 2.45) is 33.7 Å². The number of rotatable bonds is 6. The Bertz CT molecular complexity index is 227. The Kier molecular flexibility index (Phi) is 42.5. The zero-order chi connectivity index (χ0) is 18.6. The molecule has 0 bridgehead atoms. The molecule has 0 aromatic heterocycles. The van der Waals surface area contributed by atoms with Crippen molar-refractivity contribution in [3.8, 4) is 0 Å². The Morgan fingerprint density at radius 1 is 0.652 bits per heavy atom. The van der Waals surface area contributed by atoms with Gasteiger partial charge in [-0.05, 0) is 0 Å². The quantitative estimate of drug-likeness (QED) is 0.360. The molecule has 0 aromatic carbocycles. The molecule has 0 saturated heterocycles.